The summed E-state index contributed by atoms with van der Waals surface area (Å²) in [5.41, 5.74) is 6.22. The minimum atomic E-state index is -0.404. The normalized spacial score (nSPS) is 11.7. The molecule has 0 saturated carbocycles. The van der Waals surface area contributed by atoms with E-state index < -0.39 is 5.41 Å². The van der Waals surface area contributed by atoms with Gasteiger partial charge in [-0.1, -0.05) is 13.8 Å². The third-order valence-corrected chi connectivity index (χ3v) is 2.80. The molecular formula is C11H19N3O. The third-order valence-electron chi connectivity index (χ3n) is 2.80. The molecule has 84 valence electrons. The second-order valence-corrected chi connectivity index (χ2v) is 4.46. The van der Waals surface area contributed by atoms with E-state index >= 15 is 0 Å². The van der Waals surface area contributed by atoms with Crippen molar-refractivity contribution in [3.8, 4) is 0 Å². The fraction of sp³-hybridized carbons (Fsp3) is 0.636. The lowest BCUT2D eigenvalue weighted by Crippen LogP contribution is -2.32. The van der Waals surface area contributed by atoms with Crippen LogP contribution in [0.15, 0.2) is 12.3 Å². The molecule has 0 bridgehead atoms. The first-order valence-corrected chi connectivity index (χ1v) is 5.17. The van der Waals surface area contributed by atoms with Gasteiger partial charge in [0.05, 0.1) is 0 Å². The molecule has 1 heterocycles. The van der Waals surface area contributed by atoms with Gasteiger partial charge in [-0.25, -0.2) is 0 Å². The van der Waals surface area contributed by atoms with E-state index in [1.807, 2.05) is 27.0 Å². The molecule has 2 N–H and O–H groups in total. The van der Waals surface area contributed by atoms with Crippen molar-refractivity contribution in [2.75, 3.05) is 6.54 Å². The van der Waals surface area contributed by atoms with E-state index in [4.69, 9.17) is 5.73 Å². The molecule has 0 aliphatic carbocycles. The average molecular weight is 209 g/mol. The highest BCUT2D eigenvalue weighted by molar-refractivity contribution is 5.84. The maximum Gasteiger partial charge on any atom is 0.140 e. The number of aromatic nitrogens is 2. The van der Waals surface area contributed by atoms with Gasteiger partial charge in [-0.2, -0.15) is 5.10 Å². The molecule has 0 radical (unpaired) electrons. The maximum absolute atomic E-state index is 11.8. The molecule has 0 saturated heterocycles. The van der Waals surface area contributed by atoms with Gasteiger partial charge in [0.25, 0.3) is 0 Å². The summed E-state index contributed by atoms with van der Waals surface area (Å²) in [6, 6.07) is 1.93. The van der Waals surface area contributed by atoms with Crippen LogP contribution in [0.3, 0.4) is 0 Å². The molecule has 0 spiro atoms. The number of carbonyl (C=O) groups excluding carboxylic acids is 1. The molecule has 0 atom stereocenters. The molecule has 1 rings (SSSR count). The Bertz CT molecular complexity index is 341. The van der Waals surface area contributed by atoms with Crippen LogP contribution in [0.1, 0.15) is 26.0 Å². The maximum atomic E-state index is 11.8. The van der Waals surface area contributed by atoms with Gasteiger partial charge >= 0.3 is 0 Å². The molecule has 1 aromatic rings. The van der Waals surface area contributed by atoms with Crippen LogP contribution in [0.5, 0.6) is 0 Å². The highest BCUT2D eigenvalue weighted by Gasteiger charge is 2.24. The quantitative estimate of drug-likeness (QED) is 0.784. The van der Waals surface area contributed by atoms with E-state index in [1.165, 1.54) is 0 Å². The van der Waals surface area contributed by atoms with E-state index in [9.17, 15) is 4.79 Å². The monoisotopic (exact) mass is 209 g/mol. The number of rotatable bonds is 5. The number of nitrogens with two attached hydrogens (primary N) is 1. The molecule has 0 unspecified atom stereocenters. The van der Waals surface area contributed by atoms with Crippen LogP contribution in [-0.4, -0.2) is 22.1 Å². The second-order valence-electron chi connectivity index (χ2n) is 4.46. The number of aryl methyl sites for hydroxylation is 2. The molecule has 4 nitrogen and oxygen atoms in total. The Morgan fingerprint density at radius 1 is 1.60 bits per heavy atom. The molecule has 0 fully saturated rings. The van der Waals surface area contributed by atoms with E-state index in [-0.39, 0.29) is 5.78 Å². The first-order valence-electron chi connectivity index (χ1n) is 5.17. The van der Waals surface area contributed by atoms with Crippen LogP contribution < -0.4 is 5.73 Å². The van der Waals surface area contributed by atoms with Crippen LogP contribution >= 0.6 is 0 Å². The van der Waals surface area contributed by atoms with E-state index in [0.29, 0.717) is 13.0 Å². The Hall–Kier alpha value is -1.16. The molecular weight excluding hydrogens is 190 g/mol. The van der Waals surface area contributed by atoms with Gasteiger partial charge in [-0.05, 0) is 12.5 Å². The number of nitrogens with zero attached hydrogens (tertiary/aromatic N) is 2. The summed E-state index contributed by atoms with van der Waals surface area (Å²) in [6.45, 7) is 4.17. The lowest BCUT2D eigenvalue weighted by molar-refractivity contribution is -0.126. The molecule has 0 amide bonds. The predicted molar refractivity (Wildman–Crippen MR) is 59.4 cm³/mol. The Balaban J connectivity index is 2.52. The largest absolute Gasteiger partial charge is 0.329 e. The number of carbonyl (C=O) groups is 1. The van der Waals surface area contributed by atoms with Crippen molar-refractivity contribution in [1.29, 1.82) is 0 Å². The Labute approximate surface area is 90.5 Å². The topological polar surface area (TPSA) is 60.9 Å². The molecule has 0 aromatic carbocycles. The van der Waals surface area contributed by atoms with Crippen LogP contribution in [0.4, 0.5) is 0 Å². The van der Waals surface area contributed by atoms with Gasteiger partial charge in [0, 0.05) is 37.3 Å². The van der Waals surface area contributed by atoms with Crippen molar-refractivity contribution < 1.29 is 4.79 Å². The first kappa shape index (κ1) is 11.9. The summed E-state index contributed by atoms with van der Waals surface area (Å²) in [5, 5.41) is 4.06. The number of ketones is 1. The summed E-state index contributed by atoms with van der Waals surface area (Å²) in [5.74, 6) is 0.214. The van der Waals surface area contributed by atoms with Gasteiger partial charge in [0.15, 0.2) is 0 Å². The number of Topliss-reactive ketones (excluding diaryl/α,β-unsaturated/α-hetero) is 1. The van der Waals surface area contributed by atoms with Crippen LogP contribution in [-0.2, 0) is 18.3 Å². The van der Waals surface area contributed by atoms with Crippen molar-refractivity contribution in [3.63, 3.8) is 0 Å². The van der Waals surface area contributed by atoms with Gasteiger partial charge in [0.1, 0.15) is 5.78 Å². The second kappa shape index (κ2) is 4.57. The zero-order valence-corrected chi connectivity index (χ0v) is 9.66. The fourth-order valence-corrected chi connectivity index (χ4v) is 1.34. The summed E-state index contributed by atoms with van der Waals surface area (Å²) in [4.78, 5) is 11.8. The molecule has 15 heavy (non-hydrogen) atoms. The van der Waals surface area contributed by atoms with Crippen molar-refractivity contribution in [2.24, 2.45) is 18.2 Å². The molecule has 0 aliphatic rings. The molecule has 4 heteroatoms. The number of hydrogen-bond donors (Lipinski definition) is 1. The number of hydrogen-bond acceptors (Lipinski definition) is 3. The predicted octanol–water partition coefficient (Wildman–Crippen LogP) is 0.907. The summed E-state index contributed by atoms with van der Waals surface area (Å²) in [7, 11) is 1.88. The summed E-state index contributed by atoms with van der Waals surface area (Å²) >= 11 is 0. The van der Waals surface area contributed by atoms with Gasteiger partial charge in [-0.15, -0.1) is 0 Å². The van der Waals surface area contributed by atoms with Crippen LogP contribution in [0, 0.1) is 5.41 Å². The van der Waals surface area contributed by atoms with Crippen molar-refractivity contribution in [3.05, 3.63) is 18.0 Å². The lowest BCUT2D eigenvalue weighted by atomic mass is 9.86. The van der Waals surface area contributed by atoms with E-state index in [0.717, 1.165) is 12.1 Å². The highest BCUT2D eigenvalue weighted by Crippen LogP contribution is 2.17. The zero-order valence-electron chi connectivity index (χ0n) is 9.66. The zero-order chi connectivity index (χ0) is 11.5. The summed E-state index contributed by atoms with van der Waals surface area (Å²) < 4.78 is 1.79. The molecule has 1 aromatic heterocycles. The fourth-order valence-electron chi connectivity index (χ4n) is 1.34. The van der Waals surface area contributed by atoms with Crippen molar-refractivity contribution in [2.45, 2.75) is 26.7 Å². The van der Waals surface area contributed by atoms with Crippen LogP contribution in [0.25, 0.3) is 0 Å². The smallest absolute Gasteiger partial charge is 0.140 e. The van der Waals surface area contributed by atoms with Gasteiger partial charge in [-0.3, -0.25) is 9.48 Å². The Morgan fingerprint density at radius 2 is 2.27 bits per heavy atom. The average Bonchev–Trinajstić information content (AvgIpc) is 2.60. The molecule has 0 aliphatic heterocycles. The minimum Gasteiger partial charge on any atom is -0.329 e. The van der Waals surface area contributed by atoms with E-state index in [2.05, 4.69) is 5.10 Å². The Morgan fingerprint density at radius 3 is 2.73 bits per heavy atom. The van der Waals surface area contributed by atoms with Gasteiger partial charge < -0.3 is 5.73 Å². The minimum absolute atomic E-state index is 0.214. The highest BCUT2D eigenvalue weighted by atomic mass is 16.1. The first-order chi connectivity index (χ1) is 6.97. The van der Waals surface area contributed by atoms with E-state index in [1.54, 1.807) is 10.9 Å². The van der Waals surface area contributed by atoms with Gasteiger partial charge in [0.2, 0.25) is 0 Å². The van der Waals surface area contributed by atoms with Crippen LogP contribution in [0.2, 0.25) is 0 Å². The SMILES string of the molecule is Cn1nccc1CCC(=O)C(C)(C)CN. The lowest BCUT2D eigenvalue weighted by Gasteiger charge is -2.20. The Kier molecular flexibility index (Phi) is 3.63. The van der Waals surface area contributed by atoms with Crippen molar-refractivity contribution >= 4 is 5.78 Å². The summed E-state index contributed by atoms with van der Waals surface area (Å²) in [6.07, 6.45) is 3.01. The standard InChI is InChI=1S/C11H19N3O/c1-11(2,8-12)10(15)5-4-9-6-7-13-14(9)3/h6-7H,4-5,8,12H2,1-3H3. The van der Waals surface area contributed by atoms with Crippen molar-refractivity contribution in [1.82, 2.24) is 9.78 Å². The third kappa shape index (κ3) is 2.89.